The van der Waals surface area contributed by atoms with Crippen molar-refractivity contribution < 1.29 is 27.2 Å². The summed E-state index contributed by atoms with van der Waals surface area (Å²) < 4.78 is 55.0. The Labute approximate surface area is 190 Å². The number of aliphatic imine (C=N–C) groups is 2. The highest BCUT2D eigenvalue weighted by molar-refractivity contribution is 6.14. The Morgan fingerprint density at radius 3 is 2.74 bits per heavy atom. The number of nitrogens with zero attached hydrogens (tertiary/aromatic N) is 5. The van der Waals surface area contributed by atoms with E-state index in [4.69, 9.17) is 0 Å². The van der Waals surface area contributed by atoms with Crippen molar-refractivity contribution in [3.8, 4) is 0 Å². The lowest BCUT2D eigenvalue weighted by atomic mass is 10.0. The van der Waals surface area contributed by atoms with Gasteiger partial charge in [-0.15, -0.1) is 0 Å². The van der Waals surface area contributed by atoms with E-state index in [2.05, 4.69) is 20.6 Å². The van der Waals surface area contributed by atoms with Crippen LogP contribution < -0.4 is 16.2 Å². The average molecular weight is 483 g/mol. The highest BCUT2D eigenvalue weighted by Gasteiger charge is 2.37. The van der Waals surface area contributed by atoms with Gasteiger partial charge in [-0.1, -0.05) is 0 Å². The number of nitrogens with one attached hydrogen (secondary N) is 2. The molecule has 3 aliphatic rings. The molecule has 3 atom stereocenters. The van der Waals surface area contributed by atoms with Crippen LogP contribution in [0, 0.1) is 0 Å². The fourth-order valence-corrected chi connectivity index (χ4v) is 4.01. The van der Waals surface area contributed by atoms with Crippen LogP contribution in [0.25, 0.3) is 0 Å². The third-order valence-corrected chi connectivity index (χ3v) is 5.86. The molecule has 0 bridgehead atoms. The monoisotopic (exact) mass is 483 g/mol. The first-order chi connectivity index (χ1) is 15.9. The number of dihydropyridines is 1. The number of allylic oxidation sites excluding steroid dienone is 1. The molecule has 34 heavy (non-hydrogen) atoms. The van der Waals surface area contributed by atoms with Crippen molar-refractivity contribution in [3.05, 3.63) is 40.0 Å². The summed E-state index contributed by atoms with van der Waals surface area (Å²) in [6.07, 6.45) is -2.75. The van der Waals surface area contributed by atoms with E-state index in [9.17, 15) is 27.6 Å². The third-order valence-electron chi connectivity index (χ3n) is 5.86. The van der Waals surface area contributed by atoms with E-state index in [-0.39, 0.29) is 13.0 Å². The number of hydrogen-bond donors (Lipinski definition) is 2. The SMILES string of the molecule is CN(C(=O)Nc1cc(C(F)(F)F)cn(C)c1=O)[C@H]1CCN(C2=CC3=NC(=O)NC3N=C2)C[C@H]1F. The van der Waals surface area contributed by atoms with E-state index < -0.39 is 53.4 Å². The number of pyridine rings is 1. The zero-order valence-corrected chi connectivity index (χ0v) is 18.1. The van der Waals surface area contributed by atoms with E-state index in [1.807, 2.05) is 0 Å². The summed E-state index contributed by atoms with van der Waals surface area (Å²) in [4.78, 5) is 47.0. The van der Waals surface area contributed by atoms with Crippen LogP contribution in [-0.2, 0) is 13.2 Å². The van der Waals surface area contributed by atoms with E-state index >= 15 is 4.39 Å². The Bertz CT molecular complexity index is 1170. The number of aromatic nitrogens is 1. The smallest absolute Gasteiger partial charge is 0.367 e. The van der Waals surface area contributed by atoms with Crippen molar-refractivity contribution in [2.24, 2.45) is 17.0 Å². The second-order valence-corrected chi connectivity index (χ2v) is 8.15. The molecule has 1 aromatic rings. The van der Waals surface area contributed by atoms with Gasteiger partial charge in [-0.25, -0.2) is 14.0 Å². The van der Waals surface area contributed by atoms with Gasteiger partial charge in [0.15, 0.2) is 6.17 Å². The Hall–Kier alpha value is -3.71. The van der Waals surface area contributed by atoms with Crippen LogP contribution in [0.2, 0.25) is 0 Å². The molecule has 0 aliphatic carbocycles. The van der Waals surface area contributed by atoms with Gasteiger partial charge in [0.25, 0.3) is 5.56 Å². The highest BCUT2D eigenvalue weighted by Crippen LogP contribution is 2.30. The molecule has 2 N–H and O–H groups in total. The molecule has 182 valence electrons. The van der Waals surface area contributed by atoms with E-state index in [1.165, 1.54) is 13.3 Å². The fraction of sp³-hybridized carbons (Fsp3) is 0.450. The van der Waals surface area contributed by atoms with Crippen molar-refractivity contribution in [1.29, 1.82) is 0 Å². The third kappa shape index (κ3) is 4.52. The molecule has 1 fully saturated rings. The van der Waals surface area contributed by atoms with Crippen molar-refractivity contribution in [2.75, 3.05) is 25.5 Å². The molecule has 10 nitrogen and oxygen atoms in total. The molecular formula is C20H21F4N7O3. The van der Waals surface area contributed by atoms with Gasteiger partial charge in [-0.3, -0.25) is 9.79 Å². The van der Waals surface area contributed by atoms with Gasteiger partial charge in [0.2, 0.25) is 0 Å². The minimum absolute atomic E-state index is 0.0786. The number of piperidine rings is 1. The van der Waals surface area contributed by atoms with Gasteiger partial charge in [0.05, 0.1) is 29.6 Å². The normalized spacial score (nSPS) is 24.2. The van der Waals surface area contributed by atoms with Crippen molar-refractivity contribution in [3.63, 3.8) is 0 Å². The van der Waals surface area contributed by atoms with Crippen LogP contribution in [0.15, 0.2) is 38.8 Å². The summed E-state index contributed by atoms with van der Waals surface area (Å²) in [6, 6.07) is -1.72. The Balaban J connectivity index is 1.43. The number of aryl methyl sites for hydroxylation is 1. The summed E-state index contributed by atoms with van der Waals surface area (Å²) in [6.45, 7) is 0.274. The Morgan fingerprint density at radius 2 is 2.06 bits per heavy atom. The number of alkyl halides is 4. The zero-order valence-electron chi connectivity index (χ0n) is 18.1. The molecule has 4 heterocycles. The highest BCUT2D eigenvalue weighted by atomic mass is 19.4. The van der Waals surface area contributed by atoms with Gasteiger partial charge in [0.1, 0.15) is 11.9 Å². The summed E-state index contributed by atoms with van der Waals surface area (Å²) in [7, 11) is 2.45. The number of rotatable bonds is 3. The molecular weight excluding hydrogens is 462 g/mol. The van der Waals surface area contributed by atoms with E-state index in [0.29, 0.717) is 30.2 Å². The van der Waals surface area contributed by atoms with Gasteiger partial charge < -0.3 is 25.0 Å². The topological polar surface area (TPSA) is 111 Å². The second-order valence-electron chi connectivity index (χ2n) is 8.15. The number of halogens is 4. The lowest BCUT2D eigenvalue weighted by molar-refractivity contribution is -0.138. The van der Waals surface area contributed by atoms with E-state index in [1.54, 1.807) is 11.0 Å². The van der Waals surface area contributed by atoms with Crippen molar-refractivity contribution in [2.45, 2.75) is 31.0 Å². The molecule has 3 aliphatic heterocycles. The van der Waals surface area contributed by atoms with Crippen LogP contribution in [-0.4, -0.2) is 76.9 Å². The number of carbonyl (C=O) groups is 2. The number of hydrogen-bond acceptors (Lipinski definition) is 5. The number of anilines is 1. The first kappa shape index (κ1) is 23.4. The summed E-state index contributed by atoms with van der Waals surface area (Å²) in [5.41, 5.74) is -1.48. The first-order valence-corrected chi connectivity index (χ1v) is 10.3. The lowest BCUT2D eigenvalue weighted by Gasteiger charge is -2.40. The quantitative estimate of drug-likeness (QED) is 0.638. The van der Waals surface area contributed by atoms with Crippen LogP contribution in [0.5, 0.6) is 0 Å². The largest absolute Gasteiger partial charge is 0.417 e. The first-order valence-electron chi connectivity index (χ1n) is 10.3. The van der Waals surface area contributed by atoms with Crippen molar-refractivity contribution in [1.82, 2.24) is 19.7 Å². The van der Waals surface area contributed by atoms with Gasteiger partial charge in [-0.2, -0.15) is 18.2 Å². The lowest BCUT2D eigenvalue weighted by Crippen LogP contribution is -2.54. The molecule has 0 radical (unpaired) electrons. The molecule has 14 heteroatoms. The van der Waals surface area contributed by atoms with Crippen molar-refractivity contribution >= 4 is 29.7 Å². The number of likely N-dealkylation sites (tertiary alicyclic amines) is 1. The Kier molecular flexibility index (Phi) is 5.91. The average Bonchev–Trinajstić information content (AvgIpc) is 3.14. The number of urea groups is 2. The zero-order chi connectivity index (χ0) is 24.8. The minimum atomic E-state index is -4.71. The standard InChI is InChI=1S/C20H21F4N7O3/c1-29-8-10(20(22,23)24)5-14(17(29)32)27-19(34)30(2)15-3-4-31(9-12(15)21)11-6-13-16(25-7-11)28-18(33)26-13/h5-8,12,15-16H,3-4,9H2,1-2H3,(H,27,34)(H,28,33)/t12-,15+,16?/m1/s1. The summed E-state index contributed by atoms with van der Waals surface area (Å²) in [5, 5.41) is 4.72. The molecule has 1 saturated heterocycles. The maximum Gasteiger partial charge on any atom is 0.417 e. The molecule has 4 rings (SSSR count). The fourth-order valence-electron chi connectivity index (χ4n) is 4.01. The predicted octanol–water partition coefficient (Wildman–Crippen LogP) is 1.74. The minimum Gasteiger partial charge on any atom is -0.367 e. The second kappa shape index (κ2) is 8.57. The Morgan fingerprint density at radius 1 is 1.32 bits per heavy atom. The molecule has 0 aromatic carbocycles. The maximum absolute atomic E-state index is 15.1. The van der Waals surface area contributed by atoms with Gasteiger partial charge >= 0.3 is 18.2 Å². The molecule has 0 spiro atoms. The number of fused-ring (bicyclic) bond motifs is 1. The molecule has 0 saturated carbocycles. The molecule has 4 amide bonds. The number of carbonyl (C=O) groups excluding carboxylic acids is 2. The maximum atomic E-state index is 15.1. The molecule has 1 unspecified atom stereocenters. The predicted molar refractivity (Wildman–Crippen MR) is 115 cm³/mol. The van der Waals surface area contributed by atoms with Gasteiger partial charge in [0, 0.05) is 33.1 Å². The van der Waals surface area contributed by atoms with Crippen LogP contribution in [0.4, 0.5) is 32.8 Å². The summed E-state index contributed by atoms with van der Waals surface area (Å²) >= 11 is 0. The van der Waals surface area contributed by atoms with E-state index in [0.717, 1.165) is 16.5 Å². The van der Waals surface area contributed by atoms with Crippen LogP contribution in [0.3, 0.4) is 0 Å². The van der Waals surface area contributed by atoms with Gasteiger partial charge in [-0.05, 0) is 18.6 Å². The molecule has 1 aromatic heterocycles. The summed E-state index contributed by atoms with van der Waals surface area (Å²) in [5.74, 6) is 0. The van der Waals surface area contributed by atoms with Crippen LogP contribution >= 0.6 is 0 Å². The van der Waals surface area contributed by atoms with Crippen LogP contribution in [0.1, 0.15) is 12.0 Å². The number of amides is 4.